The molecule has 1 fully saturated rings. The topological polar surface area (TPSA) is 71.5 Å². The first-order chi connectivity index (χ1) is 14.9. The molecular formula is C23H27N3O3S2. The normalized spacial score (nSPS) is 15.3. The summed E-state index contributed by atoms with van der Waals surface area (Å²) < 4.78 is 32.5. The van der Waals surface area contributed by atoms with Crippen LogP contribution in [0.25, 0.3) is 10.6 Å². The van der Waals surface area contributed by atoms with Gasteiger partial charge in [0.25, 0.3) is 0 Å². The molecule has 1 N–H and O–H groups in total. The van der Waals surface area contributed by atoms with Gasteiger partial charge in [-0.3, -0.25) is 0 Å². The molecule has 164 valence electrons. The van der Waals surface area contributed by atoms with Crippen molar-refractivity contribution >= 4 is 27.0 Å². The summed E-state index contributed by atoms with van der Waals surface area (Å²) in [7, 11) is -3.51. The highest BCUT2D eigenvalue weighted by molar-refractivity contribution is 7.89. The van der Waals surface area contributed by atoms with Gasteiger partial charge in [0.15, 0.2) is 0 Å². The Morgan fingerprint density at radius 1 is 1.13 bits per heavy atom. The zero-order valence-corrected chi connectivity index (χ0v) is 19.4. The number of benzene rings is 2. The molecule has 0 aliphatic carbocycles. The summed E-state index contributed by atoms with van der Waals surface area (Å²) in [5.41, 5.74) is 4.10. The lowest BCUT2D eigenvalue weighted by atomic mass is 10.0. The maximum atomic E-state index is 12.9. The molecule has 6 nitrogen and oxygen atoms in total. The first-order valence-electron chi connectivity index (χ1n) is 10.4. The minimum absolute atomic E-state index is 0.295. The van der Waals surface area contributed by atoms with E-state index in [4.69, 9.17) is 9.72 Å². The van der Waals surface area contributed by atoms with Crippen LogP contribution < -0.4 is 5.32 Å². The standard InChI is InChI=1S/C23H27N3O3S2/c1-17(2)18-6-8-19(9-7-18)23-25-21(16-30-23)15-24-20-4-3-5-22(14-20)31(27,28)26-10-12-29-13-11-26/h3-9,14,16-17,24H,10-13,15H2,1-2H3. The zero-order valence-electron chi connectivity index (χ0n) is 17.7. The molecule has 8 heteroatoms. The second-order valence-corrected chi connectivity index (χ2v) is 10.6. The lowest BCUT2D eigenvalue weighted by Gasteiger charge is -2.26. The van der Waals surface area contributed by atoms with Gasteiger partial charge in [0.1, 0.15) is 5.01 Å². The minimum Gasteiger partial charge on any atom is -0.379 e. The number of sulfonamides is 1. The molecule has 0 saturated carbocycles. The van der Waals surface area contributed by atoms with Crippen LogP contribution in [0.1, 0.15) is 31.0 Å². The van der Waals surface area contributed by atoms with E-state index in [1.807, 2.05) is 11.4 Å². The average Bonchev–Trinajstić information content (AvgIpc) is 3.28. The third kappa shape index (κ3) is 5.15. The van der Waals surface area contributed by atoms with Gasteiger partial charge in [-0.15, -0.1) is 11.3 Å². The predicted molar refractivity (Wildman–Crippen MR) is 125 cm³/mol. The van der Waals surface area contributed by atoms with Gasteiger partial charge in [-0.05, 0) is 29.7 Å². The Hall–Kier alpha value is -2.26. The zero-order chi connectivity index (χ0) is 21.8. The molecule has 0 amide bonds. The third-order valence-electron chi connectivity index (χ3n) is 5.29. The Morgan fingerprint density at radius 3 is 2.58 bits per heavy atom. The highest BCUT2D eigenvalue weighted by Crippen LogP contribution is 2.26. The van der Waals surface area contributed by atoms with Gasteiger partial charge in [0.2, 0.25) is 10.0 Å². The number of rotatable bonds is 7. The molecule has 0 bridgehead atoms. The van der Waals surface area contributed by atoms with Gasteiger partial charge in [-0.1, -0.05) is 44.2 Å². The first-order valence-corrected chi connectivity index (χ1v) is 12.7. The van der Waals surface area contributed by atoms with Crippen molar-refractivity contribution in [3.8, 4) is 10.6 Å². The lowest BCUT2D eigenvalue weighted by Crippen LogP contribution is -2.40. The number of hydrogen-bond acceptors (Lipinski definition) is 6. The van der Waals surface area contributed by atoms with Crippen LogP contribution in [0.3, 0.4) is 0 Å². The van der Waals surface area contributed by atoms with Crippen LogP contribution in [0.4, 0.5) is 5.69 Å². The summed E-state index contributed by atoms with van der Waals surface area (Å²) in [5.74, 6) is 0.507. The van der Waals surface area contributed by atoms with Gasteiger partial charge in [0, 0.05) is 29.7 Å². The Kier molecular flexibility index (Phi) is 6.71. The first kappa shape index (κ1) is 22.0. The molecule has 0 spiro atoms. The molecular weight excluding hydrogens is 430 g/mol. The van der Waals surface area contributed by atoms with E-state index in [2.05, 4.69) is 43.4 Å². The molecule has 0 unspecified atom stereocenters. The van der Waals surface area contributed by atoms with E-state index in [-0.39, 0.29) is 0 Å². The number of thiazole rings is 1. The van der Waals surface area contributed by atoms with E-state index < -0.39 is 10.0 Å². The highest BCUT2D eigenvalue weighted by atomic mass is 32.2. The van der Waals surface area contributed by atoms with Crippen molar-refractivity contribution in [3.63, 3.8) is 0 Å². The van der Waals surface area contributed by atoms with E-state index in [1.54, 1.807) is 29.5 Å². The summed E-state index contributed by atoms with van der Waals surface area (Å²) >= 11 is 1.61. The fourth-order valence-corrected chi connectivity index (χ4v) is 5.71. The maximum absolute atomic E-state index is 12.9. The molecule has 2 aromatic carbocycles. The summed E-state index contributed by atoms with van der Waals surface area (Å²) in [6, 6.07) is 15.5. The number of aromatic nitrogens is 1. The molecule has 0 atom stereocenters. The van der Waals surface area contributed by atoms with Gasteiger partial charge in [-0.2, -0.15) is 4.31 Å². The van der Waals surface area contributed by atoms with Crippen LogP contribution in [-0.2, 0) is 21.3 Å². The largest absolute Gasteiger partial charge is 0.379 e. The Balaban J connectivity index is 1.42. The quantitative estimate of drug-likeness (QED) is 0.563. The molecule has 1 aliphatic rings. The van der Waals surface area contributed by atoms with Crippen LogP contribution in [-0.4, -0.2) is 44.0 Å². The van der Waals surface area contributed by atoms with E-state index in [1.165, 1.54) is 9.87 Å². The van der Waals surface area contributed by atoms with Crippen molar-refractivity contribution in [3.05, 3.63) is 65.2 Å². The number of hydrogen-bond donors (Lipinski definition) is 1. The van der Waals surface area contributed by atoms with E-state index in [0.717, 1.165) is 22.0 Å². The number of ether oxygens (including phenoxy) is 1. The van der Waals surface area contributed by atoms with Crippen molar-refractivity contribution in [2.24, 2.45) is 0 Å². The fourth-order valence-electron chi connectivity index (χ4n) is 3.43. The van der Waals surface area contributed by atoms with E-state index in [0.29, 0.717) is 43.7 Å². The van der Waals surface area contributed by atoms with Crippen LogP contribution >= 0.6 is 11.3 Å². The smallest absolute Gasteiger partial charge is 0.243 e. The number of nitrogens with zero attached hydrogens (tertiary/aromatic N) is 2. The molecule has 1 aromatic heterocycles. The van der Waals surface area contributed by atoms with Crippen LogP contribution in [0, 0.1) is 0 Å². The monoisotopic (exact) mass is 457 g/mol. The number of morpholine rings is 1. The predicted octanol–water partition coefficient (Wildman–Crippen LogP) is 4.57. The third-order valence-corrected chi connectivity index (χ3v) is 8.13. The summed E-state index contributed by atoms with van der Waals surface area (Å²) in [6.07, 6.45) is 0. The van der Waals surface area contributed by atoms with Gasteiger partial charge in [-0.25, -0.2) is 13.4 Å². The Labute approximate surface area is 188 Å². The fraction of sp³-hybridized carbons (Fsp3) is 0.348. The van der Waals surface area contributed by atoms with Gasteiger partial charge >= 0.3 is 0 Å². The number of nitrogens with one attached hydrogen (secondary N) is 1. The molecule has 0 radical (unpaired) electrons. The van der Waals surface area contributed by atoms with Crippen LogP contribution in [0.5, 0.6) is 0 Å². The second kappa shape index (κ2) is 9.48. The maximum Gasteiger partial charge on any atom is 0.243 e. The minimum atomic E-state index is -3.51. The van der Waals surface area contributed by atoms with Crippen LogP contribution in [0.15, 0.2) is 58.8 Å². The highest BCUT2D eigenvalue weighted by Gasteiger charge is 2.26. The van der Waals surface area contributed by atoms with Crippen molar-refractivity contribution < 1.29 is 13.2 Å². The van der Waals surface area contributed by atoms with E-state index in [9.17, 15) is 8.42 Å². The van der Waals surface area contributed by atoms with Gasteiger partial charge < -0.3 is 10.1 Å². The average molecular weight is 458 g/mol. The summed E-state index contributed by atoms with van der Waals surface area (Å²) in [5, 5.41) is 6.32. The molecule has 31 heavy (non-hydrogen) atoms. The van der Waals surface area contributed by atoms with Crippen LogP contribution in [0.2, 0.25) is 0 Å². The van der Waals surface area contributed by atoms with Gasteiger partial charge in [0.05, 0.1) is 30.3 Å². The Bertz CT molecular complexity index is 1120. The summed E-state index contributed by atoms with van der Waals surface area (Å²) in [6.45, 7) is 6.54. The van der Waals surface area contributed by atoms with Crippen molar-refractivity contribution in [1.82, 2.24) is 9.29 Å². The summed E-state index contributed by atoms with van der Waals surface area (Å²) in [4.78, 5) is 5.03. The van der Waals surface area contributed by atoms with Crippen molar-refractivity contribution in [1.29, 1.82) is 0 Å². The Morgan fingerprint density at radius 2 is 1.87 bits per heavy atom. The molecule has 4 rings (SSSR count). The lowest BCUT2D eigenvalue weighted by molar-refractivity contribution is 0.0730. The molecule has 1 saturated heterocycles. The molecule has 2 heterocycles. The van der Waals surface area contributed by atoms with Crippen molar-refractivity contribution in [2.45, 2.75) is 31.2 Å². The van der Waals surface area contributed by atoms with E-state index >= 15 is 0 Å². The number of anilines is 1. The van der Waals surface area contributed by atoms with Crippen molar-refractivity contribution in [2.75, 3.05) is 31.6 Å². The SMILES string of the molecule is CC(C)c1ccc(-c2nc(CNc3cccc(S(=O)(=O)N4CCOCC4)c3)cs2)cc1. The molecule has 1 aliphatic heterocycles. The molecule has 3 aromatic rings. The second-order valence-electron chi connectivity index (χ2n) is 7.82.